The van der Waals surface area contributed by atoms with E-state index in [1.165, 1.54) is 12.1 Å². The number of anilines is 2. The third-order valence-electron chi connectivity index (χ3n) is 5.48. The molecule has 0 unspecified atom stereocenters. The molecular weight excluding hydrogens is 396 g/mol. The van der Waals surface area contributed by atoms with E-state index in [9.17, 15) is 14.9 Å². The lowest BCUT2D eigenvalue weighted by atomic mass is 10.1. The van der Waals surface area contributed by atoms with E-state index in [0.29, 0.717) is 17.0 Å². The lowest BCUT2D eigenvalue weighted by Gasteiger charge is -2.35. The first-order chi connectivity index (χ1) is 15.0. The molecule has 4 rings (SSSR count). The van der Waals surface area contributed by atoms with Gasteiger partial charge in [0, 0.05) is 55.2 Å². The summed E-state index contributed by atoms with van der Waals surface area (Å²) in [4.78, 5) is 27.8. The van der Waals surface area contributed by atoms with E-state index in [4.69, 9.17) is 4.42 Å². The van der Waals surface area contributed by atoms with Crippen LogP contribution in [0.5, 0.6) is 0 Å². The summed E-state index contributed by atoms with van der Waals surface area (Å²) in [6, 6.07) is 17.1. The van der Waals surface area contributed by atoms with Crippen molar-refractivity contribution in [3.8, 4) is 11.3 Å². The molecule has 0 radical (unpaired) electrons. The molecule has 2 aromatic carbocycles. The van der Waals surface area contributed by atoms with Gasteiger partial charge in [-0.1, -0.05) is 19.1 Å². The SMILES string of the molecule is CCN1CCN(c2ccc(NC(=O)c3ccc(-c4cccc([N+](=O)[O-])c4)o3)cc2)CC1. The highest BCUT2D eigenvalue weighted by Crippen LogP contribution is 2.26. The van der Waals surface area contributed by atoms with Crippen LogP contribution in [0.3, 0.4) is 0 Å². The molecule has 1 N–H and O–H groups in total. The maximum Gasteiger partial charge on any atom is 0.291 e. The van der Waals surface area contributed by atoms with Crippen molar-refractivity contribution in [2.75, 3.05) is 42.9 Å². The van der Waals surface area contributed by atoms with Crippen LogP contribution < -0.4 is 10.2 Å². The number of hydrogen-bond donors (Lipinski definition) is 1. The largest absolute Gasteiger partial charge is 0.451 e. The Bertz CT molecular complexity index is 1070. The van der Waals surface area contributed by atoms with Crippen molar-refractivity contribution in [3.05, 3.63) is 76.5 Å². The van der Waals surface area contributed by atoms with E-state index in [1.54, 1.807) is 24.3 Å². The van der Waals surface area contributed by atoms with Gasteiger partial charge in [-0.3, -0.25) is 14.9 Å². The Morgan fingerprint density at radius 3 is 2.48 bits per heavy atom. The second kappa shape index (κ2) is 9.01. The Balaban J connectivity index is 1.40. The van der Waals surface area contributed by atoms with Crippen molar-refractivity contribution in [2.24, 2.45) is 0 Å². The van der Waals surface area contributed by atoms with Gasteiger partial charge in [0.15, 0.2) is 5.76 Å². The second-order valence-corrected chi connectivity index (χ2v) is 7.39. The van der Waals surface area contributed by atoms with Gasteiger partial charge in [0.2, 0.25) is 0 Å². The first kappa shape index (κ1) is 20.6. The molecule has 0 saturated carbocycles. The fourth-order valence-electron chi connectivity index (χ4n) is 3.66. The number of likely N-dealkylation sites (N-methyl/N-ethyl adjacent to an activating group) is 1. The molecule has 3 aromatic rings. The second-order valence-electron chi connectivity index (χ2n) is 7.39. The van der Waals surface area contributed by atoms with Gasteiger partial charge in [-0.05, 0) is 42.9 Å². The number of benzene rings is 2. The predicted molar refractivity (Wildman–Crippen MR) is 120 cm³/mol. The molecule has 0 atom stereocenters. The van der Waals surface area contributed by atoms with Crippen LogP contribution in [-0.2, 0) is 0 Å². The molecule has 1 aliphatic rings. The van der Waals surface area contributed by atoms with Gasteiger partial charge in [-0.2, -0.15) is 0 Å². The quantitative estimate of drug-likeness (QED) is 0.473. The van der Waals surface area contributed by atoms with Gasteiger partial charge in [0.1, 0.15) is 5.76 Å². The van der Waals surface area contributed by atoms with Crippen molar-refractivity contribution in [3.63, 3.8) is 0 Å². The molecule has 1 aliphatic heterocycles. The Kier molecular flexibility index (Phi) is 5.99. The molecular formula is C23H24N4O4. The van der Waals surface area contributed by atoms with E-state index < -0.39 is 4.92 Å². The molecule has 0 spiro atoms. The number of nitro benzene ring substituents is 1. The molecule has 31 heavy (non-hydrogen) atoms. The summed E-state index contributed by atoms with van der Waals surface area (Å²) in [5.41, 5.74) is 2.32. The van der Waals surface area contributed by atoms with Crippen LogP contribution in [0.1, 0.15) is 17.5 Å². The number of nitro groups is 1. The third kappa shape index (κ3) is 4.75. The highest BCUT2D eigenvalue weighted by atomic mass is 16.6. The molecule has 160 valence electrons. The van der Waals surface area contributed by atoms with E-state index in [1.807, 2.05) is 24.3 Å². The summed E-state index contributed by atoms with van der Waals surface area (Å²) in [5.74, 6) is 0.165. The standard InChI is InChI=1S/C23H24N4O4/c1-2-25-12-14-26(15-13-25)19-8-6-18(7-9-19)24-23(28)22-11-10-21(31-22)17-4-3-5-20(16-17)27(29)30/h3-11,16H,2,12-15H2,1H3,(H,24,28). The maximum absolute atomic E-state index is 12.6. The zero-order chi connectivity index (χ0) is 21.8. The average molecular weight is 420 g/mol. The zero-order valence-corrected chi connectivity index (χ0v) is 17.3. The van der Waals surface area contributed by atoms with Gasteiger partial charge in [0.05, 0.1) is 4.92 Å². The van der Waals surface area contributed by atoms with Crippen molar-refractivity contribution >= 4 is 23.0 Å². The van der Waals surface area contributed by atoms with Crippen LogP contribution >= 0.6 is 0 Å². The van der Waals surface area contributed by atoms with Crippen LogP contribution in [0.4, 0.5) is 17.1 Å². The molecule has 2 heterocycles. The normalized spacial score (nSPS) is 14.4. The summed E-state index contributed by atoms with van der Waals surface area (Å²) in [7, 11) is 0. The molecule has 8 heteroatoms. The van der Waals surface area contributed by atoms with Crippen molar-refractivity contribution in [2.45, 2.75) is 6.92 Å². The average Bonchev–Trinajstić information content (AvgIpc) is 3.30. The summed E-state index contributed by atoms with van der Waals surface area (Å²) in [6.45, 7) is 7.35. The van der Waals surface area contributed by atoms with E-state index >= 15 is 0 Å². The molecule has 0 bridgehead atoms. The minimum absolute atomic E-state index is 0.0314. The van der Waals surface area contributed by atoms with Gasteiger partial charge in [0.25, 0.3) is 11.6 Å². The van der Waals surface area contributed by atoms with E-state index in [-0.39, 0.29) is 17.4 Å². The van der Waals surface area contributed by atoms with Crippen LogP contribution in [0.25, 0.3) is 11.3 Å². The van der Waals surface area contributed by atoms with Crippen molar-refractivity contribution in [1.82, 2.24) is 4.90 Å². The van der Waals surface area contributed by atoms with Gasteiger partial charge < -0.3 is 19.5 Å². The number of rotatable bonds is 6. The number of piperazine rings is 1. The highest BCUT2D eigenvalue weighted by Gasteiger charge is 2.17. The maximum atomic E-state index is 12.6. The number of nitrogens with one attached hydrogen (secondary N) is 1. The summed E-state index contributed by atoms with van der Waals surface area (Å²) >= 11 is 0. The van der Waals surface area contributed by atoms with E-state index in [2.05, 4.69) is 22.0 Å². The number of nitrogens with zero attached hydrogens (tertiary/aromatic N) is 3. The first-order valence-electron chi connectivity index (χ1n) is 10.3. The minimum Gasteiger partial charge on any atom is -0.451 e. The number of carbonyl (C=O) groups is 1. The predicted octanol–water partition coefficient (Wildman–Crippen LogP) is 4.25. The Morgan fingerprint density at radius 1 is 1.06 bits per heavy atom. The number of furan rings is 1. The lowest BCUT2D eigenvalue weighted by Crippen LogP contribution is -2.46. The number of carbonyl (C=O) groups excluding carboxylic acids is 1. The summed E-state index contributed by atoms with van der Waals surface area (Å²) in [5, 5.41) is 13.8. The molecule has 0 aliphatic carbocycles. The fraction of sp³-hybridized carbons (Fsp3) is 0.261. The number of hydrogen-bond acceptors (Lipinski definition) is 6. The first-order valence-corrected chi connectivity index (χ1v) is 10.3. The smallest absolute Gasteiger partial charge is 0.291 e. The third-order valence-corrected chi connectivity index (χ3v) is 5.48. The molecule has 1 amide bonds. The molecule has 1 aromatic heterocycles. The van der Waals surface area contributed by atoms with Crippen LogP contribution in [0.2, 0.25) is 0 Å². The molecule has 8 nitrogen and oxygen atoms in total. The molecule has 1 fully saturated rings. The topological polar surface area (TPSA) is 91.9 Å². The molecule has 1 saturated heterocycles. The monoisotopic (exact) mass is 420 g/mol. The van der Waals surface area contributed by atoms with Crippen molar-refractivity contribution in [1.29, 1.82) is 0 Å². The van der Waals surface area contributed by atoms with Gasteiger partial charge in [-0.25, -0.2) is 0 Å². The Labute approximate surface area is 180 Å². The lowest BCUT2D eigenvalue weighted by molar-refractivity contribution is -0.384. The Hall–Kier alpha value is -3.65. The van der Waals surface area contributed by atoms with Gasteiger partial charge in [-0.15, -0.1) is 0 Å². The van der Waals surface area contributed by atoms with Crippen LogP contribution in [-0.4, -0.2) is 48.5 Å². The number of non-ortho nitro benzene ring substituents is 1. The fourth-order valence-corrected chi connectivity index (χ4v) is 3.66. The highest BCUT2D eigenvalue weighted by molar-refractivity contribution is 6.02. The van der Waals surface area contributed by atoms with Crippen LogP contribution in [0, 0.1) is 10.1 Å². The van der Waals surface area contributed by atoms with Crippen LogP contribution in [0.15, 0.2) is 65.1 Å². The summed E-state index contributed by atoms with van der Waals surface area (Å²) < 4.78 is 5.63. The number of amides is 1. The van der Waals surface area contributed by atoms with Gasteiger partial charge >= 0.3 is 0 Å². The van der Waals surface area contributed by atoms with E-state index in [0.717, 1.165) is 38.4 Å². The van der Waals surface area contributed by atoms with Crippen molar-refractivity contribution < 1.29 is 14.1 Å². The zero-order valence-electron chi connectivity index (χ0n) is 17.3. The summed E-state index contributed by atoms with van der Waals surface area (Å²) in [6.07, 6.45) is 0. The minimum atomic E-state index is -0.465. The Morgan fingerprint density at radius 2 is 1.81 bits per heavy atom.